The molecule has 0 saturated heterocycles. The van der Waals surface area contributed by atoms with E-state index in [1.807, 2.05) is 26.8 Å². The first-order chi connectivity index (χ1) is 7.00. The zero-order valence-corrected chi connectivity index (χ0v) is 9.85. The Hall–Kier alpha value is -1.22. The van der Waals surface area contributed by atoms with Gasteiger partial charge in [0.2, 0.25) is 0 Å². The average molecular weight is 227 g/mol. The van der Waals surface area contributed by atoms with Gasteiger partial charge in [-0.15, -0.1) is 0 Å². The monoisotopic (exact) mass is 226 g/mol. The summed E-state index contributed by atoms with van der Waals surface area (Å²) >= 11 is 5.93. The molecule has 2 amide bonds. The van der Waals surface area contributed by atoms with Crippen LogP contribution in [-0.2, 0) is 0 Å². The number of carbonyl (C=O) groups excluding carboxylic acids is 1. The Morgan fingerprint density at radius 3 is 2.67 bits per heavy atom. The minimum atomic E-state index is -0.213. The highest BCUT2D eigenvalue weighted by atomic mass is 35.5. The van der Waals surface area contributed by atoms with Crippen molar-refractivity contribution in [2.75, 3.05) is 5.32 Å². The van der Waals surface area contributed by atoms with E-state index in [9.17, 15) is 4.79 Å². The van der Waals surface area contributed by atoms with Crippen molar-refractivity contribution in [3.05, 3.63) is 28.8 Å². The molecule has 0 aliphatic rings. The van der Waals surface area contributed by atoms with Gasteiger partial charge in [0, 0.05) is 16.8 Å². The van der Waals surface area contributed by atoms with E-state index in [0.29, 0.717) is 5.02 Å². The van der Waals surface area contributed by atoms with Crippen LogP contribution in [0.5, 0.6) is 0 Å². The highest BCUT2D eigenvalue weighted by molar-refractivity contribution is 6.31. The summed E-state index contributed by atoms with van der Waals surface area (Å²) in [5.74, 6) is 0. The topological polar surface area (TPSA) is 41.1 Å². The third kappa shape index (κ3) is 3.44. The molecule has 4 heteroatoms. The van der Waals surface area contributed by atoms with Crippen LogP contribution in [-0.4, -0.2) is 12.1 Å². The summed E-state index contributed by atoms with van der Waals surface area (Å²) < 4.78 is 0. The molecular formula is C11H15ClN2O. The second kappa shape index (κ2) is 5.03. The fraction of sp³-hybridized carbons (Fsp3) is 0.364. The molecule has 0 bridgehead atoms. The summed E-state index contributed by atoms with van der Waals surface area (Å²) in [5, 5.41) is 6.14. The minimum absolute atomic E-state index is 0.115. The normalized spacial score (nSPS) is 10.2. The molecule has 0 atom stereocenters. The third-order valence-electron chi connectivity index (χ3n) is 1.94. The maximum Gasteiger partial charge on any atom is 0.319 e. The van der Waals surface area contributed by atoms with Gasteiger partial charge < -0.3 is 10.6 Å². The molecular weight excluding hydrogens is 212 g/mol. The molecule has 0 fully saturated rings. The Morgan fingerprint density at radius 1 is 1.40 bits per heavy atom. The van der Waals surface area contributed by atoms with E-state index < -0.39 is 0 Å². The number of nitrogens with one attached hydrogen (secondary N) is 2. The van der Waals surface area contributed by atoms with Crippen LogP contribution in [0.25, 0.3) is 0 Å². The van der Waals surface area contributed by atoms with Crippen molar-refractivity contribution in [3.63, 3.8) is 0 Å². The van der Waals surface area contributed by atoms with E-state index >= 15 is 0 Å². The van der Waals surface area contributed by atoms with Gasteiger partial charge in [-0.05, 0) is 38.5 Å². The zero-order valence-electron chi connectivity index (χ0n) is 9.10. The molecule has 1 rings (SSSR count). The van der Waals surface area contributed by atoms with Crippen LogP contribution in [0.3, 0.4) is 0 Å². The number of rotatable bonds is 2. The number of hydrogen-bond donors (Lipinski definition) is 2. The van der Waals surface area contributed by atoms with Crippen LogP contribution in [0.2, 0.25) is 5.02 Å². The summed E-state index contributed by atoms with van der Waals surface area (Å²) in [6, 6.07) is 5.32. The SMILES string of the molecule is Cc1c(Cl)cccc1NC(=O)NC(C)C. The molecule has 3 nitrogen and oxygen atoms in total. The van der Waals surface area contributed by atoms with Gasteiger partial charge in [-0.3, -0.25) is 0 Å². The molecule has 0 heterocycles. The Balaban J connectivity index is 2.73. The number of urea groups is 1. The quantitative estimate of drug-likeness (QED) is 0.799. The Labute approximate surface area is 94.8 Å². The first-order valence-corrected chi connectivity index (χ1v) is 5.21. The Bertz CT molecular complexity index is 364. The highest BCUT2D eigenvalue weighted by Crippen LogP contribution is 2.22. The second-order valence-electron chi connectivity index (χ2n) is 3.67. The zero-order chi connectivity index (χ0) is 11.4. The maximum atomic E-state index is 11.4. The molecule has 1 aromatic carbocycles. The summed E-state index contributed by atoms with van der Waals surface area (Å²) in [5.41, 5.74) is 1.61. The smallest absolute Gasteiger partial charge is 0.319 e. The molecule has 0 aromatic heterocycles. The number of carbonyl (C=O) groups is 1. The number of halogens is 1. The predicted molar refractivity (Wildman–Crippen MR) is 63.5 cm³/mol. The van der Waals surface area contributed by atoms with Crippen molar-refractivity contribution in [2.45, 2.75) is 26.8 Å². The van der Waals surface area contributed by atoms with Gasteiger partial charge in [-0.1, -0.05) is 17.7 Å². The van der Waals surface area contributed by atoms with Crippen LogP contribution in [0.15, 0.2) is 18.2 Å². The van der Waals surface area contributed by atoms with Crippen molar-refractivity contribution in [3.8, 4) is 0 Å². The van der Waals surface area contributed by atoms with Gasteiger partial charge in [-0.25, -0.2) is 4.79 Å². The number of anilines is 1. The fourth-order valence-corrected chi connectivity index (χ4v) is 1.34. The van der Waals surface area contributed by atoms with Gasteiger partial charge in [-0.2, -0.15) is 0 Å². The standard InChI is InChI=1S/C11H15ClN2O/c1-7(2)13-11(15)14-10-6-4-5-9(12)8(10)3/h4-7H,1-3H3,(H2,13,14,15). The van der Waals surface area contributed by atoms with Gasteiger partial charge in [0.05, 0.1) is 0 Å². The molecule has 0 aliphatic heterocycles. The molecule has 2 N–H and O–H groups in total. The predicted octanol–water partition coefficient (Wildman–Crippen LogP) is 3.18. The van der Waals surface area contributed by atoms with Crippen molar-refractivity contribution in [1.29, 1.82) is 0 Å². The number of benzene rings is 1. The molecule has 0 saturated carbocycles. The molecule has 0 radical (unpaired) electrons. The Morgan fingerprint density at radius 2 is 2.07 bits per heavy atom. The van der Waals surface area contributed by atoms with E-state index in [4.69, 9.17) is 11.6 Å². The maximum absolute atomic E-state index is 11.4. The molecule has 0 unspecified atom stereocenters. The molecule has 82 valence electrons. The van der Waals surface area contributed by atoms with Crippen molar-refractivity contribution >= 4 is 23.3 Å². The highest BCUT2D eigenvalue weighted by Gasteiger charge is 2.06. The van der Waals surface area contributed by atoms with E-state index in [0.717, 1.165) is 11.3 Å². The van der Waals surface area contributed by atoms with Crippen molar-refractivity contribution in [1.82, 2.24) is 5.32 Å². The lowest BCUT2D eigenvalue weighted by Crippen LogP contribution is -2.34. The summed E-state index contributed by atoms with van der Waals surface area (Å²) in [6.45, 7) is 5.68. The summed E-state index contributed by atoms with van der Waals surface area (Å²) in [6.07, 6.45) is 0. The fourth-order valence-electron chi connectivity index (χ4n) is 1.16. The van der Waals surface area contributed by atoms with E-state index in [1.54, 1.807) is 12.1 Å². The first kappa shape index (κ1) is 11.9. The minimum Gasteiger partial charge on any atom is -0.336 e. The third-order valence-corrected chi connectivity index (χ3v) is 2.35. The van der Waals surface area contributed by atoms with Crippen molar-refractivity contribution < 1.29 is 4.79 Å². The molecule has 1 aromatic rings. The van der Waals surface area contributed by atoms with Crippen LogP contribution >= 0.6 is 11.6 Å². The van der Waals surface area contributed by atoms with E-state index in [1.165, 1.54) is 0 Å². The Kier molecular flexibility index (Phi) is 3.97. The number of amides is 2. The van der Waals surface area contributed by atoms with Crippen LogP contribution in [0, 0.1) is 6.92 Å². The largest absolute Gasteiger partial charge is 0.336 e. The first-order valence-electron chi connectivity index (χ1n) is 4.83. The lowest BCUT2D eigenvalue weighted by molar-refractivity contribution is 0.250. The molecule has 0 spiro atoms. The molecule has 15 heavy (non-hydrogen) atoms. The second-order valence-corrected chi connectivity index (χ2v) is 4.07. The van der Waals surface area contributed by atoms with Gasteiger partial charge in [0.25, 0.3) is 0 Å². The average Bonchev–Trinajstić information content (AvgIpc) is 2.11. The van der Waals surface area contributed by atoms with Gasteiger partial charge in [0.15, 0.2) is 0 Å². The molecule has 0 aliphatic carbocycles. The van der Waals surface area contributed by atoms with Crippen LogP contribution in [0.4, 0.5) is 10.5 Å². The lowest BCUT2D eigenvalue weighted by atomic mass is 10.2. The lowest BCUT2D eigenvalue weighted by Gasteiger charge is -2.12. The van der Waals surface area contributed by atoms with Crippen LogP contribution < -0.4 is 10.6 Å². The summed E-state index contributed by atoms with van der Waals surface area (Å²) in [4.78, 5) is 11.4. The number of hydrogen-bond acceptors (Lipinski definition) is 1. The van der Waals surface area contributed by atoms with Crippen LogP contribution in [0.1, 0.15) is 19.4 Å². The van der Waals surface area contributed by atoms with Gasteiger partial charge in [0.1, 0.15) is 0 Å². The van der Waals surface area contributed by atoms with Gasteiger partial charge >= 0.3 is 6.03 Å². The summed E-state index contributed by atoms with van der Waals surface area (Å²) in [7, 11) is 0. The van der Waals surface area contributed by atoms with Crippen molar-refractivity contribution in [2.24, 2.45) is 0 Å². The van der Waals surface area contributed by atoms with E-state index in [2.05, 4.69) is 10.6 Å². The van der Waals surface area contributed by atoms with E-state index in [-0.39, 0.29) is 12.1 Å².